The summed E-state index contributed by atoms with van der Waals surface area (Å²) in [6.45, 7) is 0.964. The predicted molar refractivity (Wildman–Crippen MR) is 94.3 cm³/mol. The molecule has 0 unspecified atom stereocenters. The third-order valence-electron chi connectivity index (χ3n) is 3.77. The van der Waals surface area contributed by atoms with E-state index < -0.39 is 26.7 Å². The number of sulfonamides is 1. The summed E-state index contributed by atoms with van der Waals surface area (Å²) < 4.78 is 36.8. The maximum Gasteiger partial charge on any atom is 0.433 e. The largest absolute Gasteiger partial charge is 0.433 e. The van der Waals surface area contributed by atoms with Gasteiger partial charge in [-0.05, 0) is 24.3 Å². The molecule has 0 saturated carbocycles. The molecule has 0 bridgehead atoms. The Morgan fingerprint density at radius 1 is 1.22 bits per heavy atom. The Morgan fingerprint density at radius 3 is 2.56 bits per heavy atom. The number of carbonyl (C=O) groups is 1. The molecule has 1 aromatic heterocycles. The van der Waals surface area contributed by atoms with Gasteiger partial charge in [-0.3, -0.25) is 14.9 Å². The van der Waals surface area contributed by atoms with Gasteiger partial charge in [-0.15, -0.1) is 0 Å². The van der Waals surface area contributed by atoms with Crippen LogP contribution in [0.3, 0.4) is 0 Å². The molecule has 0 aliphatic carbocycles. The van der Waals surface area contributed by atoms with Crippen LogP contribution in [0.15, 0.2) is 39.6 Å². The van der Waals surface area contributed by atoms with Gasteiger partial charge < -0.3 is 14.5 Å². The second-order valence-electron chi connectivity index (χ2n) is 5.51. The molecule has 2 heterocycles. The fourth-order valence-corrected chi connectivity index (χ4v) is 4.35. The Labute approximate surface area is 158 Å². The lowest BCUT2D eigenvalue weighted by atomic mass is 10.3. The molecule has 0 spiro atoms. The Hall–Kier alpha value is -2.47. The first kappa shape index (κ1) is 19.3. The minimum atomic E-state index is -3.87. The lowest BCUT2D eigenvalue weighted by Gasteiger charge is -2.26. The molecular formula is C15H14ClN3O7S. The van der Waals surface area contributed by atoms with Crippen LogP contribution in [-0.2, 0) is 14.8 Å². The maximum absolute atomic E-state index is 12.8. The molecule has 1 N–H and O–H groups in total. The molecule has 1 fully saturated rings. The molecule has 12 heteroatoms. The van der Waals surface area contributed by atoms with Gasteiger partial charge in [0.15, 0.2) is 5.76 Å². The lowest BCUT2D eigenvalue weighted by molar-refractivity contribution is -0.402. The molecule has 3 rings (SSSR count). The lowest BCUT2D eigenvalue weighted by Crippen LogP contribution is -2.40. The van der Waals surface area contributed by atoms with Crippen molar-refractivity contribution in [1.82, 2.24) is 4.31 Å². The number of hydrogen-bond acceptors (Lipinski definition) is 7. The van der Waals surface area contributed by atoms with E-state index in [1.165, 1.54) is 22.5 Å². The van der Waals surface area contributed by atoms with Gasteiger partial charge in [0.25, 0.3) is 5.91 Å². The predicted octanol–water partition coefficient (Wildman–Crippen LogP) is 2.11. The van der Waals surface area contributed by atoms with Crippen LogP contribution in [0.4, 0.5) is 11.6 Å². The Balaban J connectivity index is 1.84. The number of amides is 1. The van der Waals surface area contributed by atoms with Crippen molar-refractivity contribution in [2.45, 2.75) is 4.90 Å². The molecule has 0 atom stereocenters. The molecule has 144 valence electrons. The van der Waals surface area contributed by atoms with Crippen molar-refractivity contribution in [3.63, 3.8) is 0 Å². The number of rotatable bonds is 5. The zero-order valence-electron chi connectivity index (χ0n) is 13.8. The third kappa shape index (κ3) is 4.11. The smallest absolute Gasteiger partial charge is 0.395 e. The van der Waals surface area contributed by atoms with Gasteiger partial charge in [0.2, 0.25) is 10.0 Å². The number of nitro groups is 1. The molecule has 1 aliphatic rings. The highest BCUT2D eigenvalue weighted by molar-refractivity contribution is 7.89. The zero-order chi connectivity index (χ0) is 19.6. The van der Waals surface area contributed by atoms with Gasteiger partial charge in [-0.2, -0.15) is 4.31 Å². The van der Waals surface area contributed by atoms with Crippen LogP contribution < -0.4 is 5.32 Å². The Kier molecular flexibility index (Phi) is 5.46. The summed E-state index contributed by atoms with van der Waals surface area (Å²) in [5.74, 6) is -1.62. The molecule has 1 aliphatic heterocycles. The Bertz CT molecular complexity index is 983. The summed E-state index contributed by atoms with van der Waals surface area (Å²) in [6.07, 6.45) is 0. The number of morpholine rings is 1. The summed E-state index contributed by atoms with van der Waals surface area (Å²) in [5, 5.41) is 13.1. The zero-order valence-corrected chi connectivity index (χ0v) is 15.3. The van der Waals surface area contributed by atoms with Crippen LogP contribution in [-0.4, -0.2) is 49.9 Å². The Morgan fingerprint density at radius 2 is 1.93 bits per heavy atom. The minimum absolute atomic E-state index is 0.00753. The third-order valence-corrected chi connectivity index (χ3v) is 6.15. The van der Waals surface area contributed by atoms with Crippen LogP contribution in [0, 0.1) is 10.1 Å². The van der Waals surface area contributed by atoms with E-state index in [9.17, 15) is 23.3 Å². The van der Waals surface area contributed by atoms with Crippen LogP contribution in [0.25, 0.3) is 0 Å². The standard InChI is InChI=1S/C15H14ClN3O7S/c16-11-2-1-10(17-15(20)12-3-4-14(26-12)19(21)22)9-13(11)27(23,24)18-5-7-25-8-6-18/h1-4,9H,5-8H2,(H,17,20). The van der Waals surface area contributed by atoms with Crippen molar-refractivity contribution >= 4 is 39.1 Å². The van der Waals surface area contributed by atoms with Crippen LogP contribution in [0.5, 0.6) is 0 Å². The number of nitrogens with zero attached hydrogens (tertiary/aromatic N) is 2. The van der Waals surface area contributed by atoms with Crippen LogP contribution in [0.2, 0.25) is 5.02 Å². The number of carbonyl (C=O) groups excluding carboxylic acids is 1. The first-order valence-corrected chi connectivity index (χ1v) is 9.54. The molecule has 0 radical (unpaired) electrons. The van der Waals surface area contributed by atoms with Gasteiger partial charge in [0.05, 0.1) is 24.3 Å². The second kappa shape index (κ2) is 7.64. The molecule has 1 aromatic carbocycles. The highest BCUT2D eigenvalue weighted by atomic mass is 35.5. The average molecular weight is 416 g/mol. The first-order valence-electron chi connectivity index (χ1n) is 7.72. The molecular weight excluding hydrogens is 402 g/mol. The van der Waals surface area contributed by atoms with E-state index in [2.05, 4.69) is 5.32 Å². The number of hydrogen-bond donors (Lipinski definition) is 1. The molecule has 1 amide bonds. The fraction of sp³-hybridized carbons (Fsp3) is 0.267. The van der Waals surface area contributed by atoms with E-state index in [1.54, 1.807) is 0 Å². The monoisotopic (exact) mass is 415 g/mol. The second-order valence-corrected chi connectivity index (χ2v) is 7.82. The van der Waals surface area contributed by atoms with Gasteiger partial charge in [0, 0.05) is 18.8 Å². The quantitative estimate of drug-likeness (QED) is 0.584. The number of ether oxygens (including phenoxy) is 1. The van der Waals surface area contributed by atoms with Crippen molar-refractivity contribution in [2.75, 3.05) is 31.6 Å². The number of anilines is 1. The van der Waals surface area contributed by atoms with E-state index in [0.29, 0.717) is 0 Å². The van der Waals surface area contributed by atoms with Crippen molar-refractivity contribution in [3.8, 4) is 0 Å². The van der Waals surface area contributed by atoms with Gasteiger partial charge in [-0.25, -0.2) is 8.42 Å². The normalized spacial score (nSPS) is 15.4. The van der Waals surface area contributed by atoms with Crippen LogP contribution in [0.1, 0.15) is 10.6 Å². The van der Waals surface area contributed by atoms with Crippen molar-refractivity contribution in [2.24, 2.45) is 0 Å². The highest BCUT2D eigenvalue weighted by Crippen LogP contribution is 2.28. The highest BCUT2D eigenvalue weighted by Gasteiger charge is 2.29. The topological polar surface area (TPSA) is 132 Å². The molecule has 10 nitrogen and oxygen atoms in total. The van der Waals surface area contributed by atoms with E-state index in [-0.39, 0.29) is 47.7 Å². The minimum Gasteiger partial charge on any atom is -0.395 e. The fourth-order valence-electron chi connectivity index (χ4n) is 2.45. The summed E-state index contributed by atoms with van der Waals surface area (Å²) in [6, 6.07) is 6.17. The number of furan rings is 1. The van der Waals surface area contributed by atoms with E-state index >= 15 is 0 Å². The number of benzene rings is 1. The van der Waals surface area contributed by atoms with Gasteiger partial charge in [-0.1, -0.05) is 11.6 Å². The summed E-state index contributed by atoms with van der Waals surface area (Å²) >= 11 is 6.05. The molecule has 27 heavy (non-hydrogen) atoms. The average Bonchev–Trinajstić information content (AvgIpc) is 3.14. The van der Waals surface area contributed by atoms with Crippen LogP contribution >= 0.6 is 11.6 Å². The van der Waals surface area contributed by atoms with Crippen molar-refractivity contribution < 1.29 is 27.3 Å². The van der Waals surface area contributed by atoms with Gasteiger partial charge in [0.1, 0.15) is 9.82 Å². The summed E-state index contributed by atoms with van der Waals surface area (Å²) in [4.78, 5) is 21.9. The van der Waals surface area contributed by atoms with E-state index in [4.69, 9.17) is 20.8 Å². The molecule has 1 saturated heterocycles. The summed E-state index contributed by atoms with van der Waals surface area (Å²) in [7, 11) is -3.87. The van der Waals surface area contributed by atoms with Gasteiger partial charge >= 0.3 is 5.88 Å². The van der Waals surface area contributed by atoms with Crippen molar-refractivity contribution in [1.29, 1.82) is 0 Å². The van der Waals surface area contributed by atoms with Crippen molar-refractivity contribution in [3.05, 3.63) is 51.2 Å². The number of halogens is 1. The van der Waals surface area contributed by atoms with E-state index in [0.717, 1.165) is 12.1 Å². The number of nitrogens with one attached hydrogen (secondary N) is 1. The molecule has 2 aromatic rings. The van der Waals surface area contributed by atoms with E-state index in [1.807, 2.05) is 0 Å². The SMILES string of the molecule is O=C(Nc1ccc(Cl)c(S(=O)(=O)N2CCOCC2)c1)c1ccc([N+](=O)[O-])o1. The summed E-state index contributed by atoms with van der Waals surface area (Å²) in [5.41, 5.74) is 0.148. The maximum atomic E-state index is 12.8. The first-order chi connectivity index (χ1) is 12.8.